The van der Waals surface area contributed by atoms with E-state index in [9.17, 15) is 14.9 Å². The van der Waals surface area contributed by atoms with E-state index in [4.69, 9.17) is 0 Å². The molecule has 8 heteroatoms. The average molecular weight is 309 g/mol. The third-order valence-corrected chi connectivity index (χ3v) is 3.14. The first-order chi connectivity index (χ1) is 11.1. The van der Waals surface area contributed by atoms with Crippen molar-refractivity contribution in [1.29, 1.82) is 0 Å². The lowest BCUT2D eigenvalue weighted by molar-refractivity contribution is -0.384. The molecular weight excluding hydrogens is 298 g/mol. The molecule has 0 spiro atoms. The zero-order valence-corrected chi connectivity index (χ0v) is 11.9. The topological polar surface area (TPSA) is 104 Å². The molecule has 0 saturated carbocycles. The number of rotatable bonds is 5. The van der Waals surface area contributed by atoms with Crippen molar-refractivity contribution in [2.45, 2.75) is 6.42 Å². The summed E-state index contributed by atoms with van der Waals surface area (Å²) >= 11 is 0. The molecule has 0 aliphatic heterocycles. The zero-order chi connectivity index (χ0) is 16.2. The van der Waals surface area contributed by atoms with Crippen LogP contribution in [-0.2, 0) is 6.42 Å². The maximum Gasteiger partial charge on any atom is 0.270 e. The normalized spacial score (nSPS) is 10.4. The van der Waals surface area contributed by atoms with E-state index in [0.29, 0.717) is 0 Å². The Kier molecular flexibility index (Phi) is 3.88. The van der Waals surface area contributed by atoms with Gasteiger partial charge in [0.15, 0.2) is 11.6 Å². The lowest BCUT2D eigenvalue weighted by Gasteiger charge is -1.98. The summed E-state index contributed by atoms with van der Waals surface area (Å²) in [6.45, 7) is 0. The van der Waals surface area contributed by atoms with Gasteiger partial charge in [-0.1, -0.05) is 30.3 Å². The molecule has 8 nitrogen and oxygen atoms in total. The van der Waals surface area contributed by atoms with Crippen molar-refractivity contribution in [3.63, 3.8) is 0 Å². The second kappa shape index (κ2) is 6.14. The summed E-state index contributed by atoms with van der Waals surface area (Å²) in [6, 6.07) is 14.7. The van der Waals surface area contributed by atoms with Crippen molar-refractivity contribution in [2.75, 3.05) is 0 Å². The van der Waals surface area contributed by atoms with Gasteiger partial charge in [0.05, 0.1) is 17.0 Å². The van der Waals surface area contributed by atoms with Crippen LogP contribution in [0, 0.1) is 10.1 Å². The second-order valence-electron chi connectivity index (χ2n) is 4.74. The standard InChI is InChI=1S/C15H11N5O3/c21-14(11-5-4-8-13(9-11)20(22)23)10-15-16-18-19(17-15)12-6-2-1-3-7-12/h1-9H,10H2. The van der Waals surface area contributed by atoms with Crippen LogP contribution >= 0.6 is 0 Å². The number of benzene rings is 2. The molecular formula is C15H11N5O3. The molecule has 0 bridgehead atoms. The highest BCUT2D eigenvalue weighted by molar-refractivity contribution is 5.97. The van der Waals surface area contributed by atoms with E-state index in [1.807, 2.05) is 30.3 Å². The van der Waals surface area contributed by atoms with Crippen LogP contribution in [0.2, 0.25) is 0 Å². The van der Waals surface area contributed by atoms with Crippen molar-refractivity contribution in [3.8, 4) is 5.69 Å². The van der Waals surface area contributed by atoms with Gasteiger partial charge in [0.25, 0.3) is 5.69 Å². The Balaban J connectivity index is 1.77. The summed E-state index contributed by atoms with van der Waals surface area (Å²) in [7, 11) is 0. The zero-order valence-electron chi connectivity index (χ0n) is 11.9. The molecule has 23 heavy (non-hydrogen) atoms. The fourth-order valence-electron chi connectivity index (χ4n) is 2.02. The molecule has 1 heterocycles. The van der Waals surface area contributed by atoms with Gasteiger partial charge in [0.1, 0.15) is 0 Å². The van der Waals surface area contributed by atoms with Gasteiger partial charge < -0.3 is 0 Å². The molecule has 3 aromatic rings. The molecule has 0 fully saturated rings. The van der Waals surface area contributed by atoms with Crippen molar-refractivity contribution in [1.82, 2.24) is 20.2 Å². The van der Waals surface area contributed by atoms with Crippen LogP contribution in [0.25, 0.3) is 5.69 Å². The number of nitrogens with zero attached hydrogens (tertiary/aromatic N) is 5. The quantitative estimate of drug-likeness (QED) is 0.405. The predicted molar refractivity (Wildman–Crippen MR) is 80.3 cm³/mol. The average Bonchev–Trinajstić information content (AvgIpc) is 3.04. The first-order valence-corrected chi connectivity index (χ1v) is 6.75. The van der Waals surface area contributed by atoms with E-state index in [2.05, 4.69) is 15.4 Å². The van der Waals surface area contributed by atoms with E-state index in [0.717, 1.165) is 5.69 Å². The number of carbonyl (C=O) groups excluding carboxylic acids is 1. The van der Waals surface area contributed by atoms with E-state index in [-0.39, 0.29) is 29.3 Å². The molecule has 0 aliphatic rings. The van der Waals surface area contributed by atoms with Gasteiger partial charge in [-0.25, -0.2) is 0 Å². The van der Waals surface area contributed by atoms with E-state index < -0.39 is 4.92 Å². The number of hydrogen-bond donors (Lipinski definition) is 0. The Labute approximate surface area is 130 Å². The number of nitro benzene ring substituents is 1. The monoisotopic (exact) mass is 309 g/mol. The summed E-state index contributed by atoms with van der Waals surface area (Å²) in [4.78, 5) is 23.7. The van der Waals surface area contributed by atoms with Crippen LogP contribution in [-0.4, -0.2) is 30.9 Å². The van der Waals surface area contributed by atoms with Crippen molar-refractivity contribution in [3.05, 3.63) is 76.1 Å². The van der Waals surface area contributed by atoms with Gasteiger partial charge in [0.2, 0.25) is 0 Å². The fraction of sp³-hybridized carbons (Fsp3) is 0.0667. The number of tetrazole rings is 1. The second-order valence-corrected chi connectivity index (χ2v) is 4.74. The first kappa shape index (κ1) is 14.5. The highest BCUT2D eigenvalue weighted by atomic mass is 16.6. The Morgan fingerprint density at radius 3 is 2.65 bits per heavy atom. The maximum atomic E-state index is 12.2. The van der Waals surface area contributed by atoms with Gasteiger partial charge in [-0.3, -0.25) is 14.9 Å². The third kappa shape index (κ3) is 3.26. The highest BCUT2D eigenvalue weighted by Crippen LogP contribution is 2.14. The largest absolute Gasteiger partial charge is 0.294 e. The Bertz CT molecular complexity index is 860. The molecule has 0 aliphatic carbocycles. The van der Waals surface area contributed by atoms with Crippen LogP contribution in [0.4, 0.5) is 5.69 Å². The number of ketones is 1. The summed E-state index contributed by atoms with van der Waals surface area (Å²) < 4.78 is 0. The van der Waals surface area contributed by atoms with Gasteiger partial charge in [-0.2, -0.15) is 0 Å². The van der Waals surface area contributed by atoms with E-state index in [1.165, 1.54) is 29.1 Å². The highest BCUT2D eigenvalue weighted by Gasteiger charge is 2.15. The van der Waals surface area contributed by atoms with Crippen molar-refractivity contribution >= 4 is 11.5 Å². The van der Waals surface area contributed by atoms with Gasteiger partial charge in [0, 0.05) is 17.7 Å². The Morgan fingerprint density at radius 1 is 1.13 bits per heavy atom. The number of nitro groups is 1. The number of para-hydroxylation sites is 1. The van der Waals surface area contributed by atoms with Gasteiger partial charge >= 0.3 is 0 Å². The lowest BCUT2D eigenvalue weighted by atomic mass is 10.1. The molecule has 3 rings (SSSR count). The summed E-state index contributed by atoms with van der Waals surface area (Å²) in [5.74, 6) is -0.0494. The number of hydrogen-bond acceptors (Lipinski definition) is 6. The minimum Gasteiger partial charge on any atom is -0.294 e. The third-order valence-electron chi connectivity index (χ3n) is 3.14. The minimum absolute atomic E-state index is 0.0754. The minimum atomic E-state index is -0.541. The van der Waals surface area contributed by atoms with Crippen LogP contribution in [0.15, 0.2) is 54.6 Å². The van der Waals surface area contributed by atoms with E-state index >= 15 is 0 Å². The number of aromatic nitrogens is 4. The summed E-state index contributed by atoms with van der Waals surface area (Å²) in [5, 5.41) is 22.6. The number of carbonyl (C=O) groups is 1. The molecule has 114 valence electrons. The van der Waals surface area contributed by atoms with Gasteiger partial charge in [-0.05, 0) is 17.3 Å². The molecule has 1 aromatic heterocycles. The van der Waals surface area contributed by atoms with Crippen LogP contribution in [0.1, 0.15) is 16.2 Å². The molecule has 0 atom stereocenters. The molecule has 0 radical (unpaired) electrons. The van der Waals surface area contributed by atoms with Crippen molar-refractivity contribution < 1.29 is 9.72 Å². The molecule has 0 unspecified atom stereocenters. The number of Topliss-reactive ketones (excluding diaryl/α,β-unsaturated/α-hetero) is 1. The molecule has 0 saturated heterocycles. The molecule has 2 aromatic carbocycles. The Hall–Kier alpha value is -3.42. The number of non-ortho nitro benzene ring substituents is 1. The predicted octanol–water partition coefficient (Wildman–Crippen LogP) is 2.00. The summed E-state index contributed by atoms with van der Waals surface area (Å²) in [6.07, 6.45) is -0.0754. The lowest BCUT2D eigenvalue weighted by Crippen LogP contribution is -2.06. The van der Waals surface area contributed by atoms with Crippen LogP contribution in [0.3, 0.4) is 0 Å². The Morgan fingerprint density at radius 2 is 1.91 bits per heavy atom. The van der Waals surface area contributed by atoms with Crippen LogP contribution < -0.4 is 0 Å². The van der Waals surface area contributed by atoms with E-state index in [1.54, 1.807) is 0 Å². The van der Waals surface area contributed by atoms with Gasteiger partial charge in [-0.15, -0.1) is 15.0 Å². The SMILES string of the molecule is O=C(Cc1nnn(-c2ccccc2)n1)c1cccc([N+](=O)[O-])c1. The molecule has 0 N–H and O–H groups in total. The smallest absolute Gasteiger partial charge is 0.270 e. The van der Waals surface area contributed by atoms with Crippen molar-refractivity contribution in [2.24, 2.45) is 0 Å². The molecule has 0 amide bonds. The van der Waals surface area contributed by atoms with Crippen LogP contribution in [0.5, 0.6) is 0 Å². The fourth-order valence-corrected chi connectivity index (χ4v) is 2.02. The summed E-state index contributed by atoms with van der Waals surface area (Å²) in [5.41, 5.74) is 0.848. The first-order valence-electron chi connectivity index (χ1n) is 6.75. The maximum absolute atomic E-state index is 12.2.